The van der Waals surface area contributed by atoms with Crippen LogP contribution in [0.4, 0.5) is 5.69 Å². The summed E-state index contributed by atoms with van der Waals surface area (Å²) in [6.07, 6.45) is 0. The third-order valence-corrected chi connectivity index (χ3v) is 3.01. The number of amides is 1. The van der Waals surface area contributed by atoms with Gasteiger partial charge in [-0.25, -0.2) is 0 Å². The summed E-state index contributed by atoms with van der Waals surface area (Å²) in [7, 11) is 0. The molecule has 0 saturated heterocycles. The number of carbonyl (C=O) groups is 1. The molecule has 0 atom stereocenters. The first-order chi connectivity index (χ1) is 8.72. The number of nitrogens with one attached hydrogen (secondary N) is 1. The van der Waals surface area contributed by atoms with Gasteiger partial charge in [0.25, 0.3) is 5.91 Å². The number of carbonyl (C=O) groups excluding carboxylic acids is 1. The molecule has 3 nitrogen and oxygen atoms in total. The average molecular weight is 260 g/mol. The molecule has 0 unspecified atom stereocenters. The van der Waals surface area contributed by atoms with E-state index >= 15 is 0 Å². The van der Waals surface area contributed by atoms with Crippen LogP contribution in [0.3, 0.4) is 0 Å². The molecule has 0 fully saturated rings. The Labute approximate surface area is 109 Å². The summed E-state index contributed by atoms with van der Waals surface area (Å²) in [5.74, 6) is 0.561. The summed E-state index contributed by atoms with van der Waals surface area (Å²) in [5, 5.41) is 3.47. The zero-order chi connectivity index (χ0) is 12.5. The smallest absolute Gasteiger partial charge is 0.262 e. The van der Waals surface area contributed by atoms with Crippen molar-refractivity contribution in [2.75, 3.05) is 11.9 Å². The van der Waals surface area contributed by atoms with Crippen LogP contribution >= 0.6 is 11.6 Å². The van der Waals surface area contributed by atoms with Gasteiger partial charge in [0, 0.05) is 5.02 Å². The number of hydrogen-bond acceptors (Lipinski definition) is 2. The molecule has 0 bridgehead atoms. The Morgan fingerprint density at radius 3 is 2.78 bits per heavy atom. The lowest BCUT2D eigenvalue weighted by atomic mass is 10.0. The quantitative estimate of drug-likeness (QED) is 0.853. The van der Waals surface area contributed by atoms with Gasteiger partial charge >= 0.3 is 0 Å². The van der Waals surface area contributed by atoms with E-state index in [2.05, 4.69) is 5.32 Å². The Bertz CT molecular complexity index is 625. The van der Waals surface area contributed by atoms with Crippen molar-refractivity contribution in [3.63, 3.8) is 0 Å². The van der Waals surface area contributed by atoms with Crippen molar-refractivity contribution in [1.82, 2.24) is 0 Å². The normalized spacial score (nSPS) is 13.5. The Morgan fingerprint density at radius 2 is 1.94 bits per heavy atom. The van der Waals surface area contributed by atoms with Crippen LogP contribution in [-0.2, 0) is 4.79 Å². The minimum atomic E-state index is -0.134. The minimum absolute atomic E-state index is 0.0729. The van der Waals surface area contributed by atoms with Crippen molar-refractivity contribution in [2.45, 2.75) is 0 Å². The lowest BCUT2D eigenvalue weighted by Gasteiger charge is -2.18. The molecular formula is C14H10ClNO2. The number of ether oxygens (including phenoxy) is 1. The second-order valence-corrected chi connectivity index (χ2v) is 4.49. The summed E-state index contributed by atoms with van der Waals surface area (Å²) < 4.78 is 5.31. The van der Waals surface area contributed by atoms with Crippen LogP contribution in [0.15, 0.2) is 42.5 Å². The summed E-state index contributed by atoms with van der Waals surface area (Å²) in [5.41, 5.74) is 2.69. The molecular weight excluding hydrogens is 250 g/mol. The molecule has 4 heteroatoms. The largest absolute Gasteiger partial charge is 0.482 e. The van der Waals surface area contributed by atoms with E-state index in [1.807, 2.05) is 42.5 Å². The number of rotatable bonds is 1. The molecule has 1 N–H and O–H groups in total. The Balaban J connectivity index is 2.04. The van der Waals surface area contributed by atoms with Crippen molar-refractivity contribution in [2.24, 2.45) is 0 Å². The van der Waals surface area contributed by atoms with Gasteiger partial charge in [0.1, 0.15) is 5.75 Å². The Morgan fingerprint density at radius 1 is 1.11 bits per heavy atom. The van der Waals surface area contributed by atoms with Crippen molar-refractivity contribution < 1.29 is 9.53 Å². The summed E-state index contributed by atoms with van der Waals surface area (Å²) >= 11 is 5.97. The standard InChI is InChI=1S/C14H10ClNO2/c15-11-3-1-2-9(6-11)10-4-5-13-12(7-10)16-14(17)8-18-13/h1-7H,8H2,(H,16,17). The van der Waals surface area contributed by atoms with Gasteiger partial charge in [0.05, 0.1) is 5.69 Å². The molecule has 0 saturated carbocycles. The van der Waals surface area contributed by atoms with Crippen LogP contribution in [0, 0.1) is 0 Å². The first kappa shape index (κ1) is 11.1. The third-order valence-electron chi connectivity index (χ3n) is 2.77. The summed E-state index contributed by atoms with van der Waals surface area (Å²) in [6.45, 7) is 0.0729. The maximum Gasteiger partial charge on any atom is 0.262 e. The van der Waals surface area contributed by atoms with Gasteiger partial charge in [0.2, 0.25) is 0 Å². The van der Waals surface area contributed by atoms with Crippen LogP contribution in [0.25, 0.3) is 11.1 Å². The molecule has 0 aliphatic carbocycles. The maximum atomic E-state index is 11.3. The van der Waals surface area contributed by atoms with Crippen LogP contribution in [0.1, 0.15) is 0 Å². The predicted molar refractivity (Wildman–Crippen MR) is 71.0 cm³/mol. The highest BCUT2D eigenvalue weighted by Crippen LogP contribution is 2.33. The van der Waals surface area contributed by atoms with Crippen molar-refractivity contribution >= 4 is 23.2 Å². The van der Waals surface area contributed by atoms with Gasteiger partial charge in [-0.15, -0.1) is 0 Å². The Hall–Kier alpha value is -2.00. The van der Waals surface area contributed by atoms with Gasteiger partial charge in [-0.2, -0.15) is 0 Å². The van der Waals surface area contributed by atoms with E-state index in [4.69, 9.17) is 16.3 Å². The topological polar surface area (TPSA) is 38.3 Å². The SMILES string of the molecule is O=C1COc2ccc(-c3cccc(Cl)c3)cc2N1. The number of anilines is 1. The van der Waals surface area contributed by atoms with Crippen LogP contribution in [-0.4, -0.2) is 12.5 Å². The van der Waals surface area contributed by atoms with Crippen LogP contribution in [0.5, 0.6) is 5.75 Å². The number of benzene rings is 2. The highest BCUT2D eigenvalue weighted by atomic mass is 35.5. The zero-order valence-electron chi connectivity index (χ0n) is 9.44. The molecule has 90 valence electrons. The average Bonchev–Trinajstić information content (AvgIpc) is 2.38. The van der Waals surface area contributed by atoms with Crippen LogP contribution < -0.4 is 10.1 Å². The number of fused-ring (bicyclic) bond motifs is 1. The fourth-order valence-corrected chi connectivity index (χ4v) is 2.12. The fraction of sp³-hybridized carbons (Fsp3) is 0.0714. The van der Waals surface area contributed by atoms with Crippen molar-refractivity contribution in [3.05, 3.63) is 47.5 Å². The monoisotopic (exact) mass is 259 g/mol. The van der Waals surface area contributed by atoms with E-state index in [0.717, 1.165) is 11.1 Å². The van der Waals surface area contributed by atoms with Crippen molar-refractivity contribution in [1.29, 1.82) is 0 Å². The zero-order valence-corrected chi connectivity index (χ0v) is 10.2. The number of hydrogen-bond donors (Lipinski definition) is 1. The fourth-order valence-electron chi connectivity index (χ4n) is 1.93. The second-order valence-electron chi connectivity index (χ2n) is 4.06. The molecule has 2 aromatic carbocycles. The van der Waals surface area contributed by atoms with E-state index < -0.39 is 0 Å². The minimum Gasteiger partial charge on any atom is -0.482 e. The Kier molecular flexibility index (Phi) is 2.68. The van der Waals surface area contributed by atoms with Gasteiger partial charge in [-0.05, 0) is 35.4 Å². The van der Waals surface area contributed by atoms with E-state index in [0.29, 0.717) is 16.5 Å². The molecule has 2 aromatic rings. The highest BCUT2D eigenvalue weighted by molar-refractivity contribution is 6.30. The third kappa shape index (κ3) is 2.05. The molecule has 1 aliphatic heterocycles. The molecule has 18 heavy (non-hydrogen) atoms. The van der Waals surface area contributed by atoms with Gasteiger partial charge in [-0.1, -0.05) is 29.8 Å². The van der Waals surface area contributed by atoms with Gasteiger partial charge in [0.15, 0.2) is 6.61 Å². The van der Waals surface area contributed by atoms with E-state index in [1.54, 1.807) is 0 Å². The predicted octanol–water partition coefficient (Wildman–Crippen LogP) is 3.34. The van der Waals surface area contributed by atoms with E-state index in [-0.39, 0.29) is 12.5 Å². The molecule has 3 rings (SSSR count). The highest BCUT2D eigenvalue weighted by Gasteiger charge is 2.16. The molecule has 1 amide bonds. The van der Waals surface area contributed by atoms with E-state index in [9.17, 15) is 4.79 Å². The van der Waals surface area contributed by atoms with Crippen molar-refractivity contribution in [3.8, 4) is 16.9 Å². The van der Waals surface area contributed by atoms with Crippen LogP contribution in [0.2, 0.25) is 5.02 Å². The summed E-state index contributed by atoms with van der Waals surface area (Å²) in [6, 6.07) is 13.3. The first-order valence-corrected chi connectivity index (χ1v) is 5.93. The molecule has 1 heterocycles. The lowest BCUT2D eigenvalue weighted by molar-refractivity contribution is -0.118. The molecule has 1 aliphatic rings. The maximum absolute atomic E-state index is 11.3. The van der Waals surface area contributed by atoms with Gasteiger partial charge in [-0.3, -0.25) is 4.79 Å². The first-order valence-electron chi connectivity index (χ1n) is 5.55. The molecule has 0 spiro atoms. The second kappa shape index (κ2) is 4.35. The van der Waals surface area contributed by atoms with Gasteiger partial charge < -0.3 is 10.1 Å². The molecule has 0 aromatic heterocycles. The lowest BCUT2D eigenvalue weighted by Crippen LogP contribution is -2.25. The van der Waals surface area contributed by atoms with E-state index in [1.165, 1.54) is 0 Å². The summed E-state index contributed by atoms with van der Waals surface area (Å²) in [4.78, 5) is 11.3. The molecule has 0 radical (unpaired) electrons. The number of halogens is 1.